The van der Waals surface area contributed by atoms with E-state index in [9.17, 15) is 4.79 Å². The second-order valence-corrected chi connectivity index (χ2v) is 7.99. The molecule has 3 fully saturated rings. The van der Waals surface area contributed by atoms with Gasteiger partial charge in [0.1, 0.15) is 0 Å². The molecule has 1 aromatic heterocycles. The summed E-state index contributed by atoms with van der Waals surface area (Å²) < 4.78 is 5.39. The predicted octanol–water partition coefficient (Wildman–Crippen LogP) is 1.32. The summed E-state index contributed by atoms with van der Waals surface area (Å²) in [6.07, 6.45) is 6.24. The van der Waals surface area contributed by atoms with E-state index in [4.69, 9.17) is 4.74 Å². The van der Waals surface area contributed by atoms with E-state index in [1.807, 2.05) is 24.1 Å². The number of hydrogen-bond acceptors (Lipinski definition) is 6. The second-order valence-electron chi connectivity index (χ2n) is 7.99. The highest BCUT2D eigenvalue weighted by molar-refractivity contribution is 5.79. The number of aryl methyl sites for hydroxylation is 1. The minimum absolute atomic E-state index is 0.162. The van der Waals surface area contributed by atoms with Crippen molar-refractivity contribution < 1.29 is 9.53 Å². The molecule has 4 rings (SSSR count). The smallest absolute Gasteiger partial charge is 0.227 e. The number of rotatable bonds is 3. The van der Waals surface area contributed by atoms with Crippen LogP contribution < -0.4 is 4.90 Å². The van der Waals surface area contributed by atoms with Crippen molar-refractivity contribution in [2.75, 3.05) is 57.4 Å². The Bertz CT molecular complexity index is 641. The number of aromatic nitrogens is 2. The number of carbonyl (C=O) groups is 1. The molecule has 7 nitrogen and oxygen atoms in total. The van der Waals surface area contributed by atoms with Crippen LogP contribution in [-0.2, 0) is 9.53 Å². The molecule has 0 spiro atoms. The Morgan fingerprint density at radius 1 is 1.11 bits per heavy atom. The first-order valence-electron chi connectivity index (χ1n) is 10.4. The largest absolute Gasteiger partial charge is 0.378 e. The number of likely N-dealkylation sites (tertiary alicyclic amines) is 1. The summed E-state index contributed by atoms with van der Waals surface area (Å²) in [7, 11) is 0. The normalized spacial score (nSPS) is 25.6. The third-order valence-electron chi connectivity index (χ3n) is 6.17. The van der Waals surface area contributed by atoms with Crippen LogP contribution in [0.1, 0.15) is 31.4 Å². The van der Waals surface area contributed by atoms with Crippen molar-refractivity contribution in [2.24, 2.45) is 5.92 Å². The molecule has 3 saturated heterocycles. The average molecular weight is 374 g/mol. The lowest BCUT2D eigenvalue weighted by molar-refractivity contribution is -0.141. The van der Waals surface area contributed by atoms with Crippen molar-refractivity contribution in [1.82, 2.24) is 19.8 Å². The molecule has 3 aliphatic rings. The van der Waals surface area contributed by atoms with E-state index in [1.54, 1.807) is 0 Å². The van der Waals surface area contributed by atoms with Crippen LogP contribution in [0.5, 0.6) is 0 Å². The van der Waals surface area contributed by atoms with E-state index in [2.05, 4.69) is 19.8 Å². The SMILES string of the molecule is Cc1ccnc(N2CCC(N3CCC[C@@H](C(=O)N4CCOCC4)C3)CC2)n1. The maximum Gasteiger partial charge on any atom is 0.227 e. The molecule has 0 saturated carbocycles. The fourth-order valence-corrected chi connectivity index (χ4v) is 4.60. The number of morpholine rings is 1. The summed E-state index contributed by atoms with van der Waals surface area (Å²) in [5.74, 6) is 1.36. The van der Waals surface area contributed by atoms with Crippen LogP contribution in [0.2, 0.25) is 0 Å². The fraction of sp³-hybridized carbons (Fsp3) is 0.750. The van der Waals surface area contributed by atoms with Gasteiger partial charge in [0.25, 0.3) is 0 Å². The van der Waals surface area contributed by atoms with Gasteiger partial charge in [-0.25, -0.2) is 9.97 Å². The lowest BCUT2D eigenvalue weighted by Crippen LogP contribution is -2.52. The van der Waals surface area contributed by atoms with Gasteiger partial charge < -0.3 is 14.5 Å². The highest BCUT2D eigenvalue weighted by Crippen LogP contribution is 2.26. The number of carbonyl (C=O) groups excluding carboxylic acids is 1. The van der Waals surface area contributed by atoms with E-state index in [1.165, 1.54) is 0 Å². The van der Waals surface area contributed by atoms with Crippen LogP contribution in [0, 0.1) is 12.8 Å². The Hall–Kier alpha value is -1.73. The Kier molecular flexibility index (Phi) is 5.88. The van der Waals surface area contributed by atoms with E-state index in [-0.39, 0.29) is 5.92 Å². The van der Waals surface area contributed by atoms with Gasteiger partial charge in [-0.05, 0) is 45.2 Å². The van der Waals surface area contributed by atoms with Crippen LogP contribution in [0.4, 0.5) is 5.95 Å². The highest BCUT2D eigenvalue weighted by Gasteiger charge is 2.34. The highest BCUT2D eigenvalue weighted by atomic mass is 16.5. The van der Waals surface area contributed by atoms with E-state index >= 15 is 0 Å². The maximum absolute atomic E-state index is 12.9. The summed E-state index contributed by atoms with van der Waals surface area (Å²) in [5, 5.41) is 0. The first-order chi connectivity index (χ1) is 13.2. The first-order valence-corrected chi connectivity index (χ1v) is 10.4. The quantitative estimate of drug-likeness (QED) is 0.797. The van der Waals surface area contributed by atoms with Crippen molar-refractivity contribution in [3.8, 4) is 0 Å². The summed E-state index contributed by atoms with van der Waals surface area (Å²) >= 11 is 0. The van der Waals surface area contributed by atoms with Gasteiger partial charge in [-0.15, -0.1) is 0 Å². The second kappa shape index (κ2) is 8.52. The molecule has 0 N–H and O–H groups in total. The molecule has 0 aromatic carbocycles. The lowest BCUT2D eigenvalue weighted by Gasteiger charge is -2.43. The van der Waals surface area contributed by atoms with Crippen LogP contribution >= 0.6 is 0 Å². The lowest BCUT2D eigenvalue weighted by atomic mass is 9.92. The molecule has 7 heteroatoms. The third kappa shape index (κ3) is 4.41. The molecule has 27 heavy (non-hydrogen) atoms. The number of amides is 1. The van der Waals surface area contributed by atoms with Crippen LogP contribution in [0.25, 0.3) is 0 Å². The topological polar surface area (TPSA) is 61.8 Å². The van der Waals surface area contributed by atoms with Gasteiger partial charge in [-0.3, -0.25) is 9.69 Å². The molecule has 1 atom stereocenters. The molecule has 0 aliphatic carbocycles. The zero-order valence-corrected chi connectivity index (χ0v) is 16.3. The van der Waals surface area contributed by atoms with Gasteiger partial charge in [0, 0.05) is 50.7 Å². The average Bonchev–Trinajstić information content (AvgIpc) is 2.74. The van der Waals surface area contributed by atoms with Crippen molar-refractivity contribution in [3.05, 3.63) is 18.0 Å². The minimum Gasteiger partial charge on any atom is -0.378 e. The summed E-state index contributed by atoms with van der Waals surface area (Å²) in [6.45, 7) is 8.91. The van der Waals surface area contributed by atoms with Crippen LogP contribution in [-0.4, -0.2) is 84.2 Å². The van der Waals surface area contributed by atoms with Crippen molar-refractivity contribution in [2.45, 2.75) is 38.6 Å². The molecule has 148 valence electrons. The zero-order chi connectivity index (χ0) is 18.6. The molecule has 3 aliphatic heterocycles. The third-order valence-corrected chi connectivity index (χ3v) is 6.17. The van der Waals surface area contributed by atoms with Crippen molar-refractivity contribution in [3.63, 3.8) is 0 Å². The molecule has 4 heterocycles. The van der Waals surface area contributed by atoms with Crippen molar-refractivity contribution >= 4 is 11.9 Å². The summed E-state index contributed by atoms with van der Waals surface area (Å²) in [4.78, 5) is 28.7. The number of piperidine rings is 2. The predicted molar refractivity (Wildman–Crippen MR) is 104 cm³/mol. The van der Waals surface area contributed by atoms with E-state index in [0.717, 1.165) is 76.6 Å². The van der Waals surface area contributed by atoms with Gasteiger partial charge in [0.15, 0.2) is 0 Å². The van der Waals surface area contributed by atoms with E-state index < -0.39 is 0 Å². The van der Waals surface area contributed by atoms with Gasteiger partial charge in [0.05, 0.1) is 19.1 Å². The molecular formula is C20H31N5O2. The number of hydrogen-bond donors (Lipinski definition) is 0. The zero-order valence-electron chi connectivity index (χ0n) is 16.3. The van der Waals surface area contributed by atoms with Gasteiger partial charge >= 0.3 is 0 Å². The Morgan fingerprint density at radius 2 is 1.89 bits per heavy atom. The number of anilines is 1. The summed E-state index contributed by atoms with van der Waals surface area (Å²) in [5.41, 5.74) is 1.02. The van der Waals surface area contributed by atoms with Gasteiger partial charge in [-0.1, -0.05) is 0 Å². The minimum atomic E-state index is 0.162. The van der Waals surface area contributed by atoms with Crippen molar-refractivity contribution in [1.29, 1.82) is 0 Å². The monoisotopic (exact) mass is 373 g/mol. The van der Waals surface area contributed by atoms with Crippen LogP contribution in [0.15, 0.2) is 12.3 Å². The van der Waals surface area contributed by atoms with Crippen LogP contribution in [0.3, 0.4) is 0 Å². The molecule has 0 bridgehead atoms. The molecule has 0 unspecified atom stereocenters. The van der Waals surface area contributed by atoms with E-state index in [0.29, 0.717) is 25.2 Å². The number of ether oxygens (including phenoxy) is 1. The molecule has 0 radical (unpaired) electrons. The Morgan fingerprint density at radius 3 is 2.63 bits per heavy atom. The fourth-order valence-electron chi connectivity index (χ4n) is 4.60. The Labute approximate surface area is 161 Å². The Balaban J connectivity index is 1.31. The molecule has 1 amide bonds. The first kappa shape index (κ1) is 18.6. The number of nitrogens with zero attached hydrogens (tertiary/aromatic N) is 5. The molecular weight excluding hydrogens is 342 g/mol. The van der Waals surface area contributed by atoms with Gasteiger partial charge in [-0.2, -0.15) is 0 Å². The standard InChI is InChI=1S/C20H31N5O2/c1-16-4-7-21-20(22-16)24-9-5-18(6-10-24)25-8-2-3-17(15-25)19(26)23-11-13-27-14-12-23/h4,7,17-18H,2-3,5-6,8-15H2,1H3/t17-/m1/s1. The van der Waals surface area contributed by atoms with Gasteiger partial charge in [0.2, 0.25) is 11.9 Å². The molecule has 1 aromatic rings. The summed E-state index contributed by atoms with van der Waals surface area (Å²) in [6, 6.07) is 2.52. The maximum atomic E-state index is 12.9.